The van der Waals surface area contributed by atoms with Crippen LogP contribution in [0.25, 0.3) is 0 Å². The molecule has 27 heavy (non-hydrogen) atoms. The molecule has 0 spiro atoms. The first-order chi connectivity index (χ1) is 12.7. The van der Waals surface area contributed by atoms with E-state index in [1.165, 1.54) is 31.4 Å². The number of rotatable bonds is 7. The molecular weight excluding hydrogens is 368 g/mol. The van der Waals surface area contributed by atoms with Gasteiger partial charge in [0.05, 0.1) is 24.6 Å². The van der Waals surface area contributed by atoms with Gasteiger partial charge in [-0.15, -0.1) is 0 Å². The second kappa shape index (κ2) is 8.68. The van der Waals surface area contributed by atoms with Gasteiger partial charge in [0, 0.05) is 6.54 Å². The molecule has 8 heteroatoms. The van der Waals surface area contributed by atoms with E-state index >= 15 is 0 Å². The molecule has 0 atom stereocenters. The van der Waals surface area contributed by atoms with Gasteiger partial charge in [0.15, 0.2) is 0 Å². The lowest BCUT2D eigenvalue weighted by Crippen LogP contribution is -2.40. The van der Waals surface area contributed by atoms with E-state index in [9.17, 15) is 18.0 Å². The van der Waals surface area contributed by atoms with E-state index in [0.29, 0.717) is 6.54 Å². The standard InChI is InChI=1S/C19H22N2O5S/c1-14-7-4-5-8-16(14)12-20-18(22)13-21(27(3,24)25)17-10-6-9-15(11-17)19(23)26-2/h4-11H,12-13H2,1-3H3,(H,20,22). The molecule has 2 rings (SSSR count). The Kier molecular flexibility index (Phi) is 6.57. The normalized spacial score (nSPS) is 10.9. The largest absolute Gasteiger partial charge is 0.465 e. The fraction of sp³-hybridized carbons (Fsp3) is 0.263. The van der Waals surface area contributed by atoms with Crippen LogP contribution >= 0.6 is 0 Å². The predicted molar refractivity (Wildman–Crippen MR) is 103 cm³/mol. The van der Waals surface area contributed by atoms with Gasteiger partial charge in [0.2, 0.25) is 15.9 Å². The van der Waals surface area contributed by atoms with Crippen molar-refractivity contribution in [3.05, 3.63) is 65.2 Å². The molecule has 0 heterocycles. The first kappa shape index (κ1) is 20.4. The number of carbonyl (C=O) groups is 2. The molecule has 2 aromatic carbocycles. The molecular formula is C19H22N2O5S. The maximum absolute atomic E-state index is 12.3. The third kappa shape index (κ3) is 5.55. The number of benzene rings is 2. The van der Waals surface area contributed by atoms with Crippen LogP contribution in [0, 0.1) is 6.92 Å². The van der Waals surface area contributed by atoms with Crippen molar-refractivity contribution in [2.24, 2.45) is 0 Å². The minimum Gasteiger partial charge on any atom is -0.465 e. The molecule has 0 aliphatic carbocycles. The molecule has 1 amide bonds. The average Bonchev–Trinajstić information content (AvgIpc) is 2.64. The number of ether oxygens (including phenoxy) is 1. The van der Waals surface area contributed by atoms with Gasteiger partial charge in [-0.1, -0.05) is 30.3 Å². The lowest BCUT2D eigenvalue weighted by Gasteiger charge is -2.22. The van der Waals surface area contributed by atoms with Crippen molar-refractivity contribution in [3.63, 3.8) is 0 Å². The van der Waals surface area contributed by atoms with Crippen molar-refractivity contribution in [2.75, 3.05) is 24.2 Å². The summed E-state index contributed by atoms with van der Waals surface area (Å²) in [4.78, 5) is 24.0. The first-order valence-electron chi connectivity index (χ1n) is 8.19. The summed E-state index contributed by atoms with van der Waals surface area (Å²) < 4.78 is 30.0. The molecule has 0 radical (unpaired) electrons. The van der Waals surface area contributed by atoms with Gasteiger partial charge in [-0.3, -0.25) is 9.10 Å². The van der Waals surface area contributed by atoms with E-state index in [1.54, 1.807) is 0 Å². The number of hydrogen-bond donors (Lipinski definition) is 1. The molecule has 0 aliphatic rings. The molecule has 0 saturated heterocycles. The van der Waals surface area contributed by atoms with Crippen molar-refractivity contribution >= 4 is 27.6 Å². The number of nitrogens with one attached hydrogen (secondary N) is 1. The molecule has 0 fully saturated rings. The molecule has 0 unspecified atom stereocenters. The summed E-state index contributed by atoms with van der Waals surface area (Å²) in [6, 6.07) is 13.5. The fourth-order valence-corrected chi connectivity index (χ4v) is 3.34. The third-order valence-electron chi connectivity index (χ3n) is 3.98. The van der Waals surface area contributed by atoms with Crippen LogP contribution < -0.4 is 9.62 Å². The summed E-state index contributed by atoms with van der Waals surface area (Å²) in [6.45, 7) is 1.84. The van der Waals surface area contributed by atoms with Gasteiger partial charge in [0.25, 0.3) is 0 Å². The average molecular weight is 390 g/mol. The summed E-state index contributed by atoms with van der Waals surface area (Å²) in [6.07, 6.45) is 1.01. The van der Waals surface area contributed by atoms with Crippen LogP contribution in [0.15, 0.2) is 48.5 Å². The van der Waals surface area contributed by atoms with Crippen LogP contribution in [0.2, 0.25) is 0 Å². The number of carbonyl (C=O) groups excluding carboxylic acids is 2. The van der Waals surface area contributed by atoms with Crippen molar-refractivity contribution in [3.8, 4) is 0 Å². The number of anilines is 1. The van der Waals surface area contributed by atoms with Gasteiger partial charge >= 0.3 is 5.97 Å². The predicted octanol–water partition coefficient (Wildman–Crippen LogP) is 1.86. The van der Waals surface area contributed by atoms with Gasteiger partial charge in [-0.25, -0.2) is 13.2 Å². The number of sulfonamides is 1. The summed E-state index contributed by atoms with van der Waals surface area (Å²) in [5, 5.41) is 2.72. The number of hydrogen-bond acceptors (Lipinski definition) is 5. The zero-order valence-electron chi connectivity index (χ0n) is 15.4. The number of esters is 1. The van der Waals surface area contributed by atoms with E-state index < -0.39 is 28.4 Å². The van der Waals surface area contributed by atoms with Crippen LogP contribution in [0.3, 0.4) is 0 Å². The highest BCUT2D eigenvalue weighted by molar-refractivity contribution is 7.92. The van der Waals surface area contributed by atoms with Crippen LogP contribution in [0.1, 0.15) is 21.5 Å². The third-order valence-corrected chi connectivity index (χ3v) is 5.12. The quantitative estimate of drug-likeness (QED) is 0.729. The van der Waals surface area contributed by atoms with Crippen LogP contribution in [-0.2, 0) is 26.1 Å². The van der Waals surface area contributed by atoms with E-state index in [0.717, 1.165) is 21.7 Å². The number of aryl methyl sites for hydroxylation is 1. The van der Waals surface area contributed by atoms with Crippen molar-refractivity contribution < 1.29 is 22.7 Å². The molecule has 7 nitrogen and oxygen atoms in total. The smallest absolute Gasteiger partial charge is 0.337 e. The maximum Gasteiger partial charge on any atom is 0.337 e. The molecule has 144 valence electrons. The Balaban J connectivity index is 2.17. The highest BCUT2D eigenvalue weighted by Gasteiger charge is 2.22. The SMILES string of the molecule is COC(=O)c1cccc(N(CC(=O)NCc2ccccc2C)S(C)(=O)=O)c1. The molecule has 0 aliphatic heterocycles. The lowest BCUT2D eigenvalue weighted by molar-refractivity contribution is -0.119. The summed E-state index contributed by atoms with van der Waals surface area (Å²) in [5.74, 6) is -1.04. The Morgan fingerprint density at radius 2 is 1.81 bits per heavy atom. The van der Waals surface area contributed by atoms with E-state index in [-0.39, 0.29) is 11.3 Å². The monoisotopic (exact) mass is 390 g/mol. The Hall–Kier alpha value is -2.87. The highest BCUT2D eigenvalue weighted by atomic mass is 32.2. The maximum atomic E-state index is 12.3. The van der Waals surface area contributed by atoms with Gasteiger partial charge < -0.3 is 10.1 Å². The Morgan fingerprint density at radius 1 is 1.11 bits per heavy atom. The molecule has 1 N–H and O–H groups in total. The summed E-state index contributed by atoms with van der Waals surface area (Å²) in [7, 11) is -2.49. The Morgan fingerprint density at radius 3 is 2.44 bits per heavy atom. The lowest BCUT2D eigenvalue weighted by atomic mass is 10.1. The zero-order valence-corrected chi connectivity index (χ0v) is 16.2. The van der Waals surface area contributed by atoms with E-state index in [1.807, 2.05) is 31.2 Å². The first-order valence-corrected chi connectivity index (χ1v) is 10.0. The topological polar surface area (TPSA) is 92.8 Å². The summed E-state index contributed by atoms with van der Waals surface area (Å²) in [5.41, 5.74) is 2.39. The second-order valence-electron chi connectivity index (χ2n) is 6.01. The summed E-state index contributed by atoms with van der Waals surface area (Å²) >= 11 is 0. The van der Waals surface area contributed by atoms with E-state index in [2.05, 4.69) is 10.1 Å². The van der Waals surface area contributed by atoms with Crippen LogP contribution in [-0.4, -0.2) is 40.2 Å². The zero-order chi connectivity index (χ0) is 20.0. The minimum absolute atomic E-state index is 0.198. The van der Waals surface area contributed by atoms with Crippen molar-refractivity contribution in [1.82, 2.24) is 5.32 Å². The minimum atomic E-state index is -3.73. The Bertz CT molecular complexity index is 941. The van der Waals surface area contributed by atoms with Gasteiger partial charge in [-0.05, 0) is 36.2 Å². The van der Waals surface area contributed by atoms with Crippen LogP contribution in [0.4, 0.5) is 5.69 Å². The molecule has 2 aromatic rings. The highest BCUT2D eigenvalue weighted by Crippen LogP contribution is 2.19. The second-order valence-corrected chi connectivity index (χ2v) is 7.92. The van der Waals surface area contributed by atoms with E-state index in [4.69, 9.17) is 0 Å². The molecule has 0 aromatic heterocycles. The molecule has 0 bridgehead atoms. The van der Waals surface area contributed by atoms with Crippen molar-refractivity contribution in [2.45, 2.75) is 13.5 Å². The fourth-order valence-electron chi connectivity index (χ4n) is 2.49. The van der Waals surface area contributed by atoms with Gasteiger partial charge in [0.1, 0.15) is 6.54 Å². The number of methoxy groups -OCH3 is 1. The molecule has 0 saturated carbocycles. The van der Waals surface area contributed by atoms with Gasteiger partial charge in [-0.2, -0.15) is 0 Å². The number of amides is 1. The Labute approximate surface area is 159 Å². The van der Waals surface area contributed by atoms with Crippen LogP contribution in [0.5, 0.6) is 0 Å². The number of nitrogens with zero attached hydrogens (tertiary/aromatic N) is 1. The van der Waals surface area contributed by atoms with Crippen molar-refractivity contribution in [1.29, 1.82) is 0 Å².